The topological polar surface area (TPSA) is 105 Å². The minimum Gasteiger partial charge on any atom is -0.394 e. The third-order valence-corrected chi connectivity index (χ3v) is 3.57. The van der Waals surface area contributed by atoms with Crippen molar-refractivity contribution in [3.8, 4) is 0 Å². The van der Waals surface area contributed by atoms with Gasteiger partial charge in [0.25, 0.3) is 0 Å². The first kappa shape index (κ1) is 14.2. The molecular weight excluding hydrogens is 274 g/mol. The Bertz CT molecular complexity index is 609. The van der Waals surface area contributed by atoms with E-state index in [2.05, 4.69) is 25.5 Å². The molecule has 0 saturated carbocycles. The Hall–Kier alpha value is -1.77. The summed E-state index contributed by atoms with van der Waals surface area (Å²) < 4.78 is 11.2. The Balaban J connectivity index is 1.76. The Morgan fingerprint density at radius 3 is 3.19 bits per heavy atom. The lowest BCUT2D eigenvalue weighted by atomic mass is 10.0. The molecule has 1 atom stereocenters. The van der Waals surface area contributed by atoms with E-state index in [0.29, 0.717) is 37.8 Å². The summed E-state index contributed by atoms with van der Waals surface area (Å²) in [5.74, 6) is 1.40. The van der Waals surface area contributed by atoms with Crippen molar-refractivity contribution in [3.05, 3.63) is 12.0 Å². The second kappa shape index (κ2) is 5.92. The molecule has 1 fully saturated rings. The number of aliphatic hydroxyl groups is 1. The number of rotatable bonds is 6. The van der Waals surface area contributed by atoms with Crippen LogP contribution in [0.4, 0.5) is 5.82 Å². The average molecular weight is 293 g/mol. The number of H-pyrrole nitrogens is 1. The van der Waals surface area contributed by atoms with Crippen molar-refractivity contribution in [2.24, 2.45) is 0 Å². The second-order valence-corrected chi connectivity index (χ2v) is 5.16. The van der Waals surface area contributed by atoms with Crippen LogP contribution in [0, 0.1) is 6.92 Å². The number of fused-ring (bicyclic) bond motifs is 1. The molecule has 1 aliphatic heterocycles. The molecule has 114 valence electrons. The van der Waals surface area contributed by atoms with E-state index in [1.165, 1.54) is 0 Å². The van der Waals surface area contributed by atoms with Crippen LogP contribution in [0.5, 0.6) is 0 Å². The van der Waals surface area contributed by atoms with Gasteiger partial charge in [-0.05, 0) is 6.92 Å². The van der Waals surface area contributed by atoms with Crippen molar-refractivity contribution in [1.29, 1.82) is 0 Å². The highest BCUT2D eigenvalue weighted by Gasteiger charge is 2.36. The number of aromatic nitrogens is 4. The summed E-state index contributed by atoms with van der Waals surface area (Å²) in [7, 11) is 0. The van der Waals surface area contributed by atoms with Crippen LogP contribution in [0.1, 0.15) is 12.2 Å². The molecule has 8 heteroatoms. The van der Waals surface area contributed by atoms with Crippen LogP contribution in [0.15, 0.2) is 6.20 Å². The van der Waals surface area contributed by atoms with Crippen molar-refractivity contribution in [2.45, 2.75) is 18.9 Å². The normalized spacial score (nSPS) is 22.0. The molecule has 2 aromatic heterocycles. The van der Waals surface area contributed by atoms with Gasteiger partial charge in [-0.25, -0.2) is 9.97 Å². The molecule has 0 aliphatic carbocycles. The number of nitrogens with zero attached hydrogens (tertiary/aromatic N) is 3. The van der Waals surface area contributed by atoms with Gasteiger partial charge in [0.05, 0.1) is 31.4 Å². The van der Waals surface area contributed by atoms with Crippen molar-refractivity contribution >= 4 is 16.9 Å². The van der Waals surface area contributed by atoms with E-state index in [1.807, 2.05) is 6.92 Å². The van der Waals surface area contributed by atoms with Gasteiger partial charge in [-0.3, -0.25) is 5.10 Å². The fourth-order valence-corrected chi connectivity index (χ4v) is 2.48. The zero-order chi connectivity index (χ0) is 14.7. The predicted molar refractivity (Wildman–Crippen MR) is 76.1 cm³/mol. The number of anilines is 1. The van der Waals surface area contributed by atoms with E-state index < -0.39 is 5.60 Å². The third kappa shape index (κ3) is 2.97. The highest BCUT2D eigenvalue weighted by molar-refractivity contribution is 5.85. The summed E-state index contributed by atoms with van der Waals surface area (Å²) in [6.45, 7) is 3.87. The predicted octanol–water partition coefficient (Wildman–Crippen LogP) is 0.241. The summed E-state index contributed by atoms with van der Waals surface area (Å²) >= 11 is 0. The lowest BCUT2D eigenvalue weighted by Crippen LogP contribution is -2.41. The zero-order valence-corrected chi connectivity index (χ0v) is 11.9. The van der Waals surface area contributed by atoms with Crippen molar-refractivity contribution < 1.29 is 14.6 Å². The fraction of sp³-hybridized carbons (Fsp3) is 0.615. The van der Waals surface area contributed by atoms with Gasteiger partial charge in [-0.2, -0.15) is 5.10 Å². The molecule has 0 aromatic carbocycles. The van der Waals surface area contributed by atoms with Gasteiger partial charge < -0.3 is 19.9 Å². The van der Waals surface area contributed by atoms with Gasteiger partial charge in [0.15, 0.2) is 5.65 Å². The van der Waals surface area contributed by atoms with Crippen LogP contribution < -0.4 is 5.32 Å². The van der Waals surface area contributed by atoms with Crippen molar-refractivity contribution in [2.75, 3.05) is 38.3 Å². The van der Waals surface area contributed by atoms with Crippen LogP contribution in [0.25, 0.3) is 11.0 Å². The van der Waals surface area contributed by atoms with E-state index in [-0.39, 0.29) is 6.61 Å². The van der Waals surface area contributed by atoms with E-state index in [1.54, 1.807) is 6.20 Å². The first-order valence-electron chi connectivity index (χ1n) is 6.97. The van der Waals surface area contributed by atoms with E-state index in [4.69, 9.17) is 14.6 Å². The van der Waals surface area contributed by atoms with Gasteiger partial charge in [0, 0.05) is 19.6 Å². The molecule has 3 rings (SSSR count). The summed E-state index contributed by atoms with van der Waals surface area (Å²) in [5.41, 5.74) is 0.287. The van der Waals surface area contributed by atoms with E-state index >= 15 is 0 Å². The van der Waals surface area contributed by atoms with Crippen LogP contribution in [-0.4, -0.2) is 63.8 Å². The molecule has 2 aromatic rings. The maximum atomic E-state index is 8.96. The maximum absolute atomic E-state index is 8.96. The standard InChI is InChI=1S/C13H19N5O3/c1-9-16-11(10-6-15-18-12(10)17-9)14-7-13(21-5-3-19)2-4-20-8-13/h6,19H,2-5,7-8H2,1H3,(H2,14,15,16,17,18). The first-order valence-corrected chi connectivity index (χ1v) is 6.97. The molecule has 3 heterocycles. The van der Waals surface area contributed by atoms with Crippen LogP contribution in [0.3, 0.4) is 0 Å². The zero-order valence-electron chi connectivity index (χ0n) is 11.9. The Labute approximate surface area is 121 Å². The summed E-state index contributed by atoms with van der Waals surface area (Å²) in [6.07, 6.45) is 2.49. The molecular formula is C13H19N5O3. The molecule has 0 bridgehead atoms. The molecule has 1 unspecified atom stereocenters. The number of aliphatic hydroxyl groups excluding tert-OH is 1. The lowest BCUT2D eigenvalue weighted by molar-refractivity contribution is -0.0519. The number of hydrogen-bond donors (Lipinski definition) is 3. The quantitative estimate of drug-likeness (QED) is 0.700. The number of ether oxygens (including phenoxy) is 2. The van der Waals surface area contributed by atoms with Crippen molar-refractivity contribution in [3.63, 3.8) is 0 Å². The highest BCUT2D eigenvalue weighted by atomic mass is 16.6. The van der Waals surface area contributed by atoms with E-state index in [9.17, 15) is 0 Å². The minimum absolute atomic E-state index is 0.000338. The van der Waals surface area contributed by atoms with Crippen LogP contribution in [-0.2, 0) is 9.47 Å². The Morgan fingerprint density at radius 2 is 2.43 bits per heavy atom. The summed E-state index contributed by atoms with van der Waals surface area (Å²) in [6, 6.07) is 0. The molecule has 1 saturated heterocycles. The molecule has 0 spiro atoms. The van der Waals surface area contributed by atoms with Gasteiger partial charge in [0.2, 0.25) is 0 Å². The lowest BCUT2D eigenvalue weighted by Gasteiger charge is -2.28. The number of aryl methyl sites for hydroxylation is 1. The minimum atomic E-state index is -0.419. The smallest absolute Gasteiger partial charge is 0.161 e. The van der Waals surface area contributed by atoms with Crippen LogP contribution >= 0.6 is 0 Å². The Kier molecular flexibility index (Phi) is 4.00. The number of nitrogens with one attached hydrogen (secondary N) is 2. The monoisotopic (exact) mass is 293 g/mol. The molecule has 3 N–H and O–H groups in total. The van der Waals surface area contributed by atoms with Gasteiger partial charge in [-0.1, -0.05) is 0 Å². The highest BCUT2D eigenvalue weighted by Crippen LogP contribution is 2.25. The van der Waals surface area contributed by atoms with E-state index in [0.717, 1.165) is 17.6 Å². The molecule has 1 aliphatic rings. The SMILES string of the molecule is Cc1nc(NCC2(OCCO)CCOC2)c2cn[nH]c2n1. The summed E-state index contributed by atoms with van der Waals surface area (Å²) in [4.78, 5) is 8.70. The largest absolute Gasteiger partial charge is 0.394 e. The molecule has 0 amide bonds. The first-order chi connectivity index (χ1) is 10.2. The molecule has 8 nitrogen and oxygen atoms in total. The molecule has 0 radical (unpaired) electrons. The average Bonchev–Trinajstić information content (AvgIpc) is 3.12. The van der Waals surface area contributed by atoms with Gasteiger partial charge >= 0.3 is 0 Å². The van der Waals surface area contributed by atoms with Crippen LogP contribution in [0.2, 0.25) is 0 Å². The Morgan fingerprint density at radius 1 is 1.52 bits per heavy atom. The van der Waals surface area contributed by atoms with Gasteiger partial charge in [-0.15, -0.1) is 0 Å². The maximum Gasteiger partial charge on any atom is 0.161 e. The number of hydrogen-bond acceptors (Lipinski definition) is 7. The second-order valence-electron chi connectivity index (χ2n) is 5.16. The molecule has 21 heavy (non-hydrogen) atoms. The fourth-order valence-electron chi connectivity index (χ4n) is 2.48. The third-order valence-electron chi connectivity index (χ3n) is 3.57. The van der Waals surface area contributed by atoms with Gasteiger partial charge in [0.1, 0.15) is 17.2 Å². The summed E-state index contributed by atoms with van der Waals surface area (Å²) in [5, 5.41) is 19.9. The van der Waals surface area contributed by atoms with Crippen molar-refractivity contribution in [1.82, 2.24) is 20.2 Å². The number of aromatic amines is 1.